The summed E-state index contributed by atoms with van der Waals surface area (Å²) >= 11 is 0. The number of ether oxygens (including phenoxy) is 4. The van der Waals surface area contributed by atoms with Gasteiger partial charge in [-0.1, -0.05) is 154 Å². The first-order valence-corrected chi connectivity index (χ1v) is 23.9. The molecule has 0 spiro atoms. The Balaban J connectivity index is 2.46. The topological polar surface area (TPSA) is 186 Å². The molecule has 0 radical (unpaired) electrons. The molecule has 6 atom stereocenters. The van der Waals surface area contributed by atoms with E-state index in [4.69, 9.17) is 18.9 Å². The van der Waals surface area contributed by atoms with Crippen LogP contribution in [0.1, 0.15) is 194 Å². The molecule has 1 aliphatic rings. The predicted octanol–water partition coefficient (Wildman–Crippen LogP) is 8.67. The number of rotatable bonds is 37. The zero-order chi connectivity index (χ0) is 41.3. The number of aliphatic hydroxyl groups excluding tert-OH is 3. The number of esters is 2. The summed E-state index contributed by atoms with van der Waals surface area (Å²) in [5.41, 5.74) is 0. The number of carbonyl (C=O) groups is 2. The fourth-order valence-electron chi connectivity index (χ4n) is 6.85. The molecule has 1 saturated heterocycles. The third kappa shape index (κ3) is 28.7. The van der Waals surface area contributed by atoms with Crippen LogP contribution in [0.5, 0.6) is 0 Å². The first kappa shape index (κ1) is 52.4. The SMILES string of the molecule is CCCCCCCC/C=C/CCCCCCCC(=O)OC[C@H](CO[C@H]1O[C@H](CS(=O)(=O)O)[C@@H](O)[C@H](O)[C@H]1O)OC(=O)CCCCCCCCCCCCCCC. The lowest BCUT2D eigenvalue weighted by Crippen LogP contribution is -2.60. The van der Waals surface area contributed by atoms with Gasteiger partial charge in [0, 0.05) is 12.8 Å². The minimum atomic E-state index is -4.60. The molecule has 330 valence electrons. The molecule has 12 nitrogen and oxygen atoms in total. The second kappa shape index (κ2) is 34.3. The molecule has 0 unspecified atom stereocenters. The van der Waals surface area contributed by atoms with E-state index in [9.17, 15) is 37.9 Å². The highest BCUT2D eigenvalue weighted by atomic mass is 32.2. The highest BCUT2D eigenvalue weighted by Gasteiger charge is 2.46. The van der Waals surface area contributed by atoms with E-state index in [-0.39, 0.29) is 19.4 Å². The molecule has 1 rings (SSSR count). The van der Waals surface area contributed by atoms with E-state index in [0.717, 1.165) is 57.8 Å². The highest BCUT2D eigenvalue weighted by Crippen LogP contribution is 2.24. The summed E-state index contributed by atoms with van der Waals surface area (Å²) in [6, 6.07) is 0. The zero-order valence-electron chi connectivity index (χ0n) is 35.0. The van der Waals surface area contributed by atoms with E-state index in [2.05, 4.69) is 26.0 Å². The first-order valence-electron chi connectivity index (χ1n) is 22.2. The summed E-state index contributed by atoms with van der Waals surface area (Å²) in [6.45, 7) is 3.75. The van der Waals surface area contributed by atoms with Crippen molar-refractivity contribution >= 4 is 22.1 Å². The number of hydrogen-bond donors (Lipinski definition) is 4. The van der Waals surface area contributed by atoms with E-state index in [0.29, 0.717) is 12.8 Å². The Morgan fingerprint density at radius 2 is 1.02 bits per heavy atom. The monoisotopic (exact) mass is 821 g/mol. The molecule has 0 amide bonds. The summed E-state index contributed by atoms with van der Waals surface area (Å²) in [4.78, 5) is 25.3. The molecule has 1 heterocycles. The van der Waals surface area contributed by atoms with Gasteiger partial charge in [0.25, 0.3) is 10.1 Å². The van der Waals surface area contributed by atoms with Crippen LogP contribution in [-0.2, 0) is 38.7 Å². The van der Waals surface area contributed by atoms with E-state index in [1.807, 2.05) is 0 Å². The van der Waals surface area contributed by atoms with E-state index < -0.39 is 71.2 Å². The van der Waals surface area contributed by atoms with Crippen LogP contribution in [0.4, 0.5) is 0 Å². The highest BCUT2D eigenvalue weighted by molar-refractivity contribution is 7.85. The van der Waals surface area contributed by atoms with Gasteiger partial charge in [0.15, 0.2) is 12.4 Å². The van der Waals surface area contributed by atoms with Crippen molar-refractivity contribution in [2.75, 3.05) is 19.0 Å². The van der Waals surface area contributed by atoms with Crippen LogP contribution in [0.25, 0.3) is 0 Å². The van der Waals surface area contributed by atoms with Crippen LogP contribution in [0.2, 0.25) is 0 Å². The molecule has 0 aliphatic carbocycles. The number of allylic oxidation sites excluding steroid dienone is 2. The first-order chi connectivity index (χ1) is 27.0. The van der Waals surface area contributed by atoms with Crippen molar-refractivity contribution in [3.63, 3.8) is 0 Å². The lowest BCUT2D eigenvalue weighted by atomic mass is 10.00. The molecule has 13 heteroatoms. The molecular formula is C43H80O12S. The van der Waals surface area contributed by atoms with Crippen LogP contribution in [0, 0.1) is 0 Å². The molecule has 0 aromatic carbocycles. The average molecular weight is 821 g/mol. The molecule has 0 aromatic rings. The van der Waals surface area contributed by atoms with Gasteiger partial charge in [-0.2, -0.15) is 8.42 Å². The van der Waals surface area contributed by atoms with Gasteiger partial charge < -0.3 is 34.3 Å². The van der Waals surface area contributed by atoms with Crippen LogP contribution in [0.15, 0.2) is 12.2 Å². The Kier molecular flexibility index (Phi) is 32.1. The zero-order valence-corrected chi connectivity index (χ0v) is 35.8. The van der Waals surface area contributed by atoms with E-state index >= 15 is 0 Å². The molecule has 1 aliphatic heterocycles. The Bertz CT molecular complexity index is 1100. The van der Waals surface area contributed by atoms with Gasteiger partial charge in [0.1, 0.15) is 36.8 Å². The van der Waals surface area contributed by atoms with Gasteiger partial charge in [-0.15, -0.1) is 0 Å². The van der Waals surface area contributed by atoms with Crippen molar-refractivity contribution in [1.29, 1.82) is 0 Å². The molecule has 4 N–H and O–H groups in total. The fraction of sp³-hybridized carbons (Fsp3) is 0.907. The standard InChI is InChI=1S/C43H80O12S/c1-3-5-7-9-11-13-15-17-18-20-21-23-25-27-29-31-38(44)52-33-36(34-53-43-42(48)41(47)40(46)37(55-43)35-56(49,50)51)54-39(45)32-30-28-26-24-22-19-16-14-12-10-8-6-4-2/h17-18,36-37,40-43,46-48H,3-16,19-35H2,1-2H3,(H,49,50,51)/b18-17+/t36-,37-,40-,41+,42-,43+/m1/s1. The number of carbonyl (C=O) groups excluding carboxylic acids is 2. The Hall–Kier alpha value is -1.61. The third-order valence-corrected chi connectivity index (χ3v) is 11.1. The van der Waals surface area contributed by atoms with Gasteiger partial charge in [-0.3, -0.25) is 14.1 Å². The molecule has 0 saturated carbocycles. The van der Waals surface area contributed by atoms with Gasteiger partial charge in [0.2, 0.25) is 0 Å². The Labute approximate surface area is 339 Å². The Morgan fingerprint density at radius 1 is 0.589 bits per heavy atom. The quantitative estimate of drug-likeness (QED) is 0.0203. The largest absolute Gasteiger partial charge is 0.462 e. The minimum absolute atomic E-state index is 0.168. The molecule has 0 bridgehead atoms. The summed E-state index contributed by atoms with van der Waals surface area (Å²) < 4.78 is 54.0. The normalized spacial score (nSPS) is 20.7. The van der Waals surface area contributed by atoms with Crippen molar-refractivity contribution < 1.29 is 56.8 Å². The lowest BCUT2D eigenvalue weighted by Gasteiger charge is -2.40. The minimum Gasteiger partial charge on any atom is -0.462 e. The van der Waals surface area contributed by atoms with Gasteiger partial charge in [0.05, 0.1) is 6.61 Å². The molecule has 56 heavy (non-hydrogen) atoms. The van der Waals surface area contributed by atoms with Crippen LogP contribution >= 0.6 is 0 Å². The Morgan fingerprint density at radius 3 is 1.48 bits per heavy atom. The van der Waals surface area contributed by atoms with Crippen LogP contribution < -0.4 is 0 Å². The summed E-state index contributed by atoms with van der Waals surface area (Å²) in [5.74, 6) is -1.98. The van der Waals surface area contributed by atoms with E-state index in [1.165, 1.54) is 96.3 Å². The van der Waals surface area contributed by atoms with Crippen molar-refractivity contribution in [2.45, 2.75) is 230 Å². The summed E-state index contributed by atoms with van der Waals surface area (Å²) in [5, 5.41) is 30.8. The molecule has 0 aromatic heterocycles. The van der Waals surface area contributed by atoms with Crippen LogP contribution in [-0.4, -0.2) is 96.0 Å². The van der Waals surface area contributed by atoms with Gasteiger partial charge in [-0.05, 0) is 38.5 Å². The van der Waals surface area contributed by atoms with Crippen molar-refractivity contribution in [1.82, 2.24) is 0 Å². The van der Waals surface area contributed by atoms with Gasteiger partial charge in [-0.25, -0.2) is 0 Å². The van der Waals surface area contributed by atoms with Gasteiger partial charge >= 0.3 is 11.9 Å². The lowest BCUT2D eigenvalue weighted by molar-refractivity contribution is -0.297. The maximum atomic E-state index is 12.8. The summed E-state index contributed by atoms with van der Waals surface area (Å²) in [7, 11) is -4.60. The third-order valence-electron chi connectivity index (χ3n) is 10.3. The molecular weight excluding hydrogens is 741 g/mol. The maximum absolute atomic E-state index is 12.8. The second-order valence-electron chi connectivity index (χ2n) is 15.7. The van der Waals surface area contributed by atoms with Crippen molar-refractivity contribution in [3.8, 4) is 0 Å². The fourth-order valence-corrected chi connectivity index (χ4v) is 7.54. The molecule has 1 fully saturated rings. The van der Waals surface area contributed by atoms with E-state index in [1.54, 1.807) is 0 Å². The summed E-state index contributed by atoms with van der Waals surface area (Å²) in [6.07, 6.45) is 25.4. The second-order valence-corrected chi connectivity index (χ2v) is 17.2. The number of aliphatic hydroxyl groups is 3. The van der Waals surface area contributed by atoms with Crippen molar-refractivity contribution in [2.24, 2.45) is 0 Å². The number of hydrogen-bond acceptors (Lipinski definition) is 11. The maximum Gasteiger partial charge on any atom is 0.306 e. The average Bonchev–Trinajstić information content (AvgIpc) is 3.16. The number of unbranched alkanes of at least 4 members (excludes halogenated alkanes) is 23. The van der Waals surface area contributed by atoms with Crippen LogP contribution in [0.3, 0.4) is 0 Å². The predicted molar refractivity (Wildman–Crippen MR) is 220 cm³/mol. The van der Waals surface area contributed by atoms with Crippen molar-refractivity contribution in [3.05, 3.63) is 12.2 Å². The smallest absolute Gasteiger partial charge is 0.306 e.